The highest BCUT2D eigenvalue weighted by molar-refractivity contribution is 7.93. The molecule has 0 spiro atoms. The van der Waals surface area contributed by atoms with Crippen LogP contribution in [-0.2, 0) is 22.9 Å². The largest absolute Gasteiger partial charge is 0.348 e. The van der Waals surface area contributed by atoms with Crippen LogP contribution in [0.4, 0.5) is 0 Å². The molecule has 2 fully saturated rings. The zero-order valence-corrected chi connectivity index (χ0v) is 20.8. The van der Waals surface area contributed by atoms with E-state index in [1.807, 2.05) is 18.0 Å². The minimum atomic E-state index is -3.36. The summed E-state index contributed by atoms with van der Waals surface area (Å²) in [7, 11) is -1.47. The maximum atomic E-state index is 13.2. The van der Waals surface area contributed by atoms with Crippen LogP contribution in [0.25, 0.3) is 0 Å². The van der Waals surface area contributed by atoms with Gasteiger partial charge in [0.1, 0.15) is 11.3 Å². The Morgan fingerprint density at radius 3 is 2.42 bits per heavy atom. The van der Waals surface area contributed by atoms with Crippen molar-refractivity contribution in [3.8, 4) is 6.07 Å². The molecule has 1 saturated carbocycles. The fourth-order valence-corrected chi connectivity index (χ4v) is 7.60. The SMILES string of the molecule is CN1CC(S(=O)(=O)C2(CN3CCn4c(ccc(C(=O)NCc5ccc(C#N)cc5)c4=O)C3=O)CC2)C1. The molecule has 3 aliphatic rings. The number of carbonyl (C=O) groups is 2. The first kappa shape index (κ1) is 24.2. The summed E-state index contributed by atoms with van der Waals surface area (Å²) in [5, 5.41) is 11.2. The molecule has 1 aromatic carbocycles. The minimum absolute atomic E-state index is 0.0658. The average Bonchev–Trinajstić information content (AvgIpc) is 3.64. The van der Waals surface area contributed by atoms with Crippen LogP contribution in [-0.4, -0.2) is 77.8 Å². The molecule has 2 aliphatic heterocycles. The lowest BCUT2D eigenvalue weighted by Crippen LogP contribution is -2.58. The van der Waals surface area contributed by atoms with Crippen LogP contribution < -0.4 is 10.9 Å². The number of hydrogen-bond acceptors (Lipinski definition) is 7. The van der Waals surface area contributed by atoms with Gasteiger partial charge < -0.3 is 19.7 Å². The van der Waals surface area contributed by atoms with E-state index >= 15 is 0 Å². The van der Waals surface area contributed by atoms with Gasteiger partial charge in [-0.2, -0.15) is 5.26 Å². The van der Waals surface area contributed by atoms with Gasteiger partial charge >= 0.3 is 0 Å². The summed E-state index contributed by atoms with van der Waals surface area (Å²) in [6.07, 6.45) is 1.09. The Bertz CT molecular complexity index is 1430. The van der Waals surface area contributed by atoms with Crippen molar-refractivity contribution in [2.75, 3.05) is 33.2 Å². The highest BCUT2D eigenvalue weighted by Crippen LogP contribution is 2.47. The van der Waals surface area contributed by atoms with Crippen LogP contribution in [0.5, 0.6) is 0 Å². The van der Waals surface area contributed by atoms with E-state index in [1.165, 1.54) is 21.6 Å². The molecule has 1 aliphatic carbocycles. The number of nitrogens with zero attached hydrogens (tertiary/aromatic N) is 4. The van der Waals surface area contributed by atoms with E-state index < -0.39 is 32.0 Å². The van der Waals surface area contributed by atoms with Crippen LogP contribution in [0.15, 0.2) is 41.2 Å². The van der Waals surface area contributed by atoms with Crippen LogP contribution in [0.2, 0.25) is 0 Å². The molecule has 1 N–H and O–H groups in total. The van der Waals surface area contributed by atoms with Gasteiger partial charge in [-0.05, 0) is 49.7 Å². The van der Waals surface area contributed by atoms with Crippen molar-refractivity contribution in [2.45, 2.75) is 35.9 Å². The van der Waals surface area contributed by atoms with E-state index in [0.29, 0.717) is 31.5 Å². The third-order valence-electron chi connectivity index (χ3n) is 7.41. The summed E-state index contributed by atoms with van der Waals surface area (Å²) in [4.78, 5) is 42.4. The molecule has 2 aromatic rings. The molecule has 5 rings (SSSR count). The molecule has 1 saturated heterocycles. The Kier molecular flexibility index (Phi) is 5.97. The molecule has 36 heavy (non-hydrogen) atoms. The van der Waals surface area contributed by atoms with Crippen molar-refractivity contribution in [1.29, 1.82) is 5.26 Å². The first-order valence-corrected chi connectivity index (χ1v) is 13.4. The zero-order chi connectivity index (χ0) is 25.7. The molecule has 3 heterocycles. The summed E-state index contributed by atoms with van der Waals surface area (Å²) >= 11 is 0. The fraction of sp³-hybridized carbons (Fsp3) is 0.440. The van der Waals surface area contributed by atoms with Crippen LogP contribution >= 0.6 is 0 Å². The third-order valence-corrected chi connectivity index (χ3v) is 10.3. The number of hydrogen-bond donors (Lipinski definition) is 1. The minimum Gasteiger partial charge on any atom is -0.348 e. The van der Waals surface area contributed by atoms with E-state index in [2.05, 4.69) is 5.32 Å². The first-order valence-electron chi connectivity index (χ1n) is 11.9. The number of rotatable bonds is 7. The standard InChI is InChI=1S/C25H27N5O5S/c1-28-14-19(15-28)36(34,35)25(8-9-25)16-29-10-11-30-21(24(29)33)7-6-20(23(30)32)22(31)27-13-18-4-2-17(12-26)3-5-18/h2-7,19H,8-11,13-16H2,1H3,(H,27,31). The van der Waals surface area contributed by atoms with E-state index in [-0.39, 0.29) is 42.7 Å². The number of likely N-dealkylation sites (tertiary alicyclic amines) is 1. The van der Waals surface area contributed by atoms with Gasteiger partial charge in [0.25, 0.3) is 17.4 Å². The normalized spacial score (nSPS) is 19.2. The summed E-state index contributed by atoms with van der Waals surface area (Å²) in [6.45, 7) is 1.77. The number of carbonyl (C=O) groups excluding carboxylic acids is 2. The predicted molar refractivity (Wildman–Crippen MR) is 131 cm³/mol. The van der Waals surface area contributed by atoms with Gasteiger partial charge in [0, 0.05) is 39.3 Å². The second-order valence-corrected chi connectivity index (χ2v) is 12.5. The molecule has 188 valence electrons. The zero-order valence-electron chi connectivity index (χ0n) is 19.9. The van der Waals surface area contributed by atoms with E-state index in [4.69, 9.17) is 5.26 Å². The van der Waals surface area contributed by atoms with E-state index in [0.717, 1.165) is 5.56 Å². The van der Waals surface area contributed by atoms with Gasteiger partial charge in [0.2, 0.25) is 0 Å². The molecule has 11 heteroatoms. The predicted octanol–water partition coefficient (Wildman–Crippen LogP) is 0.367. The van der Waals surface area contributed by atoms with Gasteiger partial charge in [0.15, 0.2) is 9.84 Å². The summed E-state index contributed by atoms with van der Waals surface area (Å²) < 4.78 is 26.7. The van der Waals surface area contributed by atoms with Gasteiger partial charge in [0.05, 0.1) is 21.6 Å². The number of sulfone groups is 1. The smallest absolute Gasteiger partial charge is 0.270 e. The number of nitrogens with one attached hydrogen (secondary N) is 1. The molecule has 2 amide bonds. The second kappa shape index (κ2) is 8.87. The quantitative estimate of drug-likeness (QED) is 0.570. The molecule has 0 unspecified atom stereocenters. The number of benzene rings is 1. The first-order chi connectivity index (χ1) is 17.1. The lowest BCUT2D eigenvalue weighted by atomic mass is 10.1. The Labute approximate surface area is 209 Å². The molecule has 10 nitrogen and oxygen atoms in total. The van der Waals surface area contributed by atoms with Gasteiger partial charge in [-0.25, -0.2) is 8.42 Å². The number of amides is 2. The average molecular weight is 510 g/mol. The van der Waals surface area contributed by atoms with Crippen molar-refractivity contribution in [2.24, 2.45) is 0 Å². The third kappa shape index (κ3) is 4.10. The maximum absolute atomic E-state index is 13.2. The Morgan fingerprint density at radius 1 is 1.11 bits per heavy atom. The highest BCUT2D eigenvalue weighted by Gasteiger charge is 2.59. The van der Waals surface area contributed by atoms with Crippen molar-refractivity contribution < 1.29 is 18.0 Å². The van der Waals surface area contributed by atoms with E-state index in [9.17, 15) is 22.8 Å². The molecule has 0 bridgehead atoms. The topological polar surface area (TPSA) is 133 Å². The van der Waals surface area contributed by atoms with Crippen molar-refractivity contribution in [3.05, 3.63) is 69.1 Å². The molecule has 0 atom stereocenters. The van der Waals surface area contributed by atoms with Crippen molar-refractivity contribution >= 4 is 21.7 Å². The molecular weight excluding hydrogens is 482 g/mol. The summed E-state index contributed by atoms with van der Waals surface area (Å²) in [6, 6.07) is 11.6. The van der Waals surface area contributed by atoms with Crippen LogP contribution in [0.1, 0.15) is 44.8 Å². The Balaban J connectivity index is 1.28. The number of nitriles is 1. The highest BCUT2D eigenvalue weighted by atomic mass is 32.2. The van der Waals surface area contributed by atoms with Crippen molar-refractivity contribution in [1.82, 2.24) is 19.7 Å². The monoisotopic (exact) mass is 509 g/mol. The molecule has 0 radical (unpaired) electrons. The van der Waals surface area contributed by atoms with Gasteiger partial charge in [-0.1, -0.05) is 12.1 Å². The second-order valence-electron chi connectivity index (χ2n) is 9.88. The van der Waals surface area contributed by atoms with Crippen molar-refractivity contribution in [3.63, 3.8) is 0 Å². The Hall–Kier alpha value is -3.49. The fourth-order valence-electron chi connectivity index (χ4n) is 4.98. The van der Waals surface area contributed by atoms with Crippen LogP contribution in [0, 0.1) is 11.3 Å². The Morgan fingerprint density at radius 2 is 1.81 bits per heavy atom. The summed E-state index contributed by atoms with van der Waals surface area (Å²) in [5.41, 5.74) is 0.834. The molecular formula is C25H27N5O5S. The lowest BCUT2D eigenvalue weighted by Gasteiger charge is -2.39. The van der Waals surface area contributed by atoms with Gasteiger partial charge in [-0.3, -0.25) is 14.4 Å². The molecule has 1 aromatic heterocycles. The number of aromatic nitrogens is 1. The number of fused-ring (bicyclic) bond motifs is 1. The van der Waals surface area contributed by atoms with Crippen LogP contribution in [0.3, 0.4) is 0 Å². The van der Waals surface area contributed by atoms with Gasteiger partial charge in [-0.15, -0.1) is 0 Å². The summed E-state index contributed by atoms with van der Waals surface area (Å²) in [5.74, 6) is -0.946. The lowest BCUT2D eigenvalue weighted by molar-refractivity contribution is 0.0694. The number of pyridine rings is 1. The van der Waals surface area contributed by atoms with E-state index in [1.54, 1.807) is 24.3 Å². The maximum Gasteiger partial charge on any atom is 0.270 e.